The highest BCUT2D eigenvalue weighted by Gasteiger charge is 2.47. The molecule has 5 nitrogen and oxygen atoms in total. The summed E-state index contributed by atoms with van der Waals surface area (Å²) in [5, 5.41) is 32.1. The van der Waals surface area contributed by atoms with Crippen molar-refractivity contribution in [1.82, 2.24) is 0 Å². The molecule has 2 N–H and O–H groups in total. The van der Waals surface area contributed by atoms with Crippen LogP contribution in [0, 0.1) is 17.8 Å². The Morgan fingerprint density at radius 1 is 1.24 bits per heavy atom. The summed E-state index contributed by atoms with van der Waals surface area (Å²) in [7, 11) is 0. The fourth-order valence-corrected chi connectivity index (χ4v) is 5.16. The molecule has 156 valence electrons. The summed E-state index contributed by atoms with van der Waals surface area (Å²) >= 11 is 0. The summed E-state index contributed by atoms with van der Waals surface area (Å²) in [6.07, 6.45) is 11.9. The molecule has 29 heavy (non-hydrogen) atoms. The second kappa shape index (κ2) is 8.72. The third kappa shape index (κ3) is 4.57. The van der Waals surface area contributed by atoms with Crippen molar-refractivity contribution in [3.8, 4) is 0 Å². The summed E-state index contributed by atoms with van der Waals surface area (Å²) in [4.78, 5) is 11.1. The van der Waals surface area contributed by atoms with Gasteiger partial charge in [0.15, 0.2) is 0 Å². The molecule has 5 atom stereocenters. The van der Waals surface area contributed by atoms with Crippen molar-refractivity contribution in [2.75, 3.05) is 0 Å². The van der Waals surface area contributed by atoms with E-state index in [4.69, 9.17) is 4.74 Å². The molecule has 1 aliphatic heterocycles. The fourth-order valence-electron chi connectivity index (χ4n) is 5.16. The predicted molar refractivity (Wildman–Crippen MR) is 108 cm³/mol. The summed E-state index contributed by atoms with van der Waals surface area (Å²) in [6, 6.07) is 6.61. The maximum absolute atomic E-state index is 11.1. The number of carboxylic acids is 1. The van der Waals surface area contributed by atoms with Crippen LogP contribution in [0.15, 0.2) is 42.2 Å². The maximum atomic E-state index is 11.1. The highest BCUT2D eigenvalue weighted by atomic mass is 16.5. The van der Waals surface area contributed by atoms with Crippen LogP contribution < -0.4 is 5.11 Å². The Labute approximate surface area is 171 Å². The number of allylic oxidation sites excluding steroid dienone is 1. The zero-order valence-electron chi connectivity index (χ0n) is 16.6. The molecular weight excluding hydrogens is 368 g/mol. The molecule has 1 aromatic carbocycles. The number of rotatable bonds is 5. The van der Waals surface area contributed by atoms with E-state index in [1.165, 1.54) is 25.3 Å². The number of carboxylic acid groups (broad SMARTS) is 1. The Balaban J connectivity index is 1.43. The van der Waals surface area contributed by atoms with Crippen LogP contribution in [-0.4, -0.2) is 34.5 Å². The number of carbonyl (C=O) groups is 1. The van der Waals surface area contributed by atoms with Gasteiger partial charge in [-0.15, -0.1) is 0 Å². The first-order valence-electron chi connectivity index (χ1n) is 10.7. The summed E-state index contributed by atoms with van der Waals surface area (Å²) in [5.74, 6) is 0.0997. The van der Waals surface area contributed by atoms with Gasteiger partial charge in [-0.1, -0.05) is 49.6 Å². The number of benzene rings is 1. The van der Waals surface area contributed by atoms with Crippen LogP contribution in [0.3, 0.4) is 0 Å². The lowest BCUT2D eigenvalue weighted by atomic mass is 9.84. The molecule has 2 aliphatic carbocycles. The third-order valence-corrected chi connectivity index (χ3v) is 6.74. The maximum Gasteiger partial charge on any atom is 0.105 e. The van der Waals surface area contributed by atoms with Gasteiger partial charge in [-0.05, 0) is 42.0 Å². The van der Waals surface area contributed by atoms with E-state index in [1.54, 1.807) is 12.1 Å². The van der Waals surface area contributed by atoms with Gasteiger partial charge in [-0.3, -0.25) is 0 Å². The number of fused-ring (bicyclic) bond motifs is 1. The van der Waals surface area contributed by atoms with Crippen LogP contribution in [-0.2, 0) is 4.74 Å². The summed E-state index contributed by atoms with van der Waals surface area (Å²) in [5.41, 5.74) is 0.910. The SMILES string of the molecule is O=C([O-])c1cccc(C=C2CC3C(CC(O)C3C=CC(O)C3CCCCC3)O2)c1. The molecule has 3 fully saturated rings. The molecule has 1 aromatic rings. The molecule has 0 spiro atoms. The Morgan fingerprint density at radius 2 is 2.03 bits per heavy atom. The molecule has 2 saturated carbocycles. The van der Waals surface area contributed by atoms with Crippen molar-refractivity contribution < 1.29 is 24.9 Å². The van der Waals surface area contributed by atoms with E-state index in [1.807, 2.05) is 24.3 Å². The molecule has 5 heteroatoms. The number of ether oxygens (including phenoxy) is 1. The van der Waals surface area contributed by atoms with Crippen molar-refractivity contribution in [3.63, 3.8) is 0 Å². The van der Waals surface area contributed by atoms with E-state index < -0.39 is 18.2 Å². The van der Waals surface area contributed by atoms with E-state index in [0.29, 0.717) is 18.8 Å². The molecule has 1 heterocycles. The first-order chi connectivity index (χ1) is 14.0. The molecule has 0 aromatic heterocycles. The number of aromatic carboxylic acids is 1. The third-order valence-electron chi connectivity index (χ3n) is 6.74. The number of hydrogen-bond donors (Lipinski definition) is 2. The Bertz CT molecular complexity index is 792. The minimum Gasteiger partial charge on any atom is -0.545 e. The van der Waals surface area contributed by atoms with E-state index in [9.17, 15) is 20.1 Å². The van der Waals surface area contributed by atoms with E-state index >= 15 is 0 Å². The normalized spacial score (nSPS) is 32.4. The van der Waals surface area contributed by atoms with E-state index in [-0.39, 0.29) is 23.5 Å². The smallest absolute Gasteiger partial charge is 0.105 e. The largest absolute Gasteiger partial charge is 0.545 e. The highest BCUT2D eigenvalue weighted by Crippen LogP contribution is 2.46. The number of aliphatic hydroxyl groups excluding tert-OH is 2. The Kier molecular flexibility index (Phi) is 6.07. The molecule has 0 amide bonds. The molecule has 4 rings (SSSR count). The second-order valence-corrected chi connectivity index (χ2v) is 8.70. The minimum atomic E-state index is -1.20. The molecule has 3 aliphatic rings. The minimum absolute atomic E-state index is 0.0290. The van der Waals surface area contributed by atoms with Crippen LogP contribution >= 0.6 is 0 Å². The zero-order chi connectivity index (χ0) is 20.4. The van der Waals surface area contributed by atoms with Gasteiger partial charge in [-0.25, -0.2) is 0 Å². The monoisotopic (exact) mass is 397 g/mol. The van der Waals surface area contributed by atoms with Gasteiger partial charge in [0.2, 0.25) is 0 Å². The van der Waals surface area contributed by atoms with Gasteiger partial charge < -0.3 is 24.9 Å². The lowest BCUT2D eigenvalue weighted by Gasteiger charge is -2.25. The highest BCUT2D eigenvalue weighted by molar-refractivity contribution is 5.86. The van der Waals surface area contributed by atoms with Crippen LogP contribution in [0.5, 0.6) is 0 Å². The number of aliphatic hydroxyl groups is 2. The van der Waals surface area contributed by atoms with Crippen molar-refractivity contribution in [1.29, 1.82) is 0 Å². The molecule has 1 saturated heterocycles. The lowest BCUT2D eigenvalue weighted by Crippen LogP contribution is -2.22. The second-order valence-electron chi connectivity index (χ2n) is 8.70. The average Bonchev–Trinajstić information content (AvgIpc) is 3.23. The molecular formula is C24H29O5-. The predicted octanol–water partition coefficient (Wildman–Crippen LogP) is 2.67. The standard InChI is InChI=1S/C24H30O5/c25-21(16-6-2-1-3-7-16)10-9-19-20-13-18(29-23(20)14-22(19)26)12-15-5-4-8-17(11-15)24(27)28/h4-5,8-12,16,19-23,25-26H,1-3,6-7,13-14H2,(H,27,28)/p-1. The van der Waals surface area contributed by atoms with Crippen LogP contribution in [0.2, 0.25) is 0 Å². The van der Waals surface area contributed by atoms with Gasteiger partial charge in [0.1, 0.15) is 6.10 Å². The lowest BCUT2D eigenvalue weighted by molar-refractivity contribution is -0.255. The molecule has 5 unspecified atom stereocenters. The van der Waals surface area contributed by atoms with Crippen LogP contribution in [0.1, 0.15) is 60.9 Å². The Morgan fingerprint density at radius 3 is 2.79 bits per heavy atom. The quantitative estimate of drug-likeness (QED) is 0.746. The molecule has 0 radical (unpaired) electrons. The van der Waals surface area contributed by atoms with Gasteiger partial charge in [-0.2, -0.15) is 0 Å². The van der Waals surface area contributed by atoms with Crippen molar-refractivity contribution in [3.05, 3.63) is 53.3 Å². The number of carbonyl (C=O) groups excluding carboxylic acids is 1. The van der Waals surface area contributed by atoms with Gasteiger partial charge in [0, 0.05) is 24.7 Å². The first-order valence-corrected chi connectivity index (χ1v) is 10.7. The topological polar surface area (TPSA) is 89.8 Å². The van der Waals surface area contributed by atoms with Crippen LogP contribution in [0.4, 0.5) is 0 Å². The van der Waals surface area contributed by atoms with Gasteiger partial charge >= 0.3 is 0 Å². The van der Waals surface area contributed by atoms with E-state index in [0.717, 1.165) is 24.2 Å². The van der Waals surface area contributed by atoms with Crippen molar-refractivity contribution >= 4 is 12.0 Å². The van der Waals surface area contributed by atoms with Crippen molar-refractivity contribution in [2.24, 2.45) is 17.8 Å². The fraction of sp³-hybridized carbons (Fsp3) is 0.542. The Hall–Kier alpha value is -2.11. The van der Waals surface area contributed by atoms with Crippen LogP contribution in [0.25, 0.3) is 6.08 Å². The van der Waals surface area contributed by atoms with Crippen molar-refractivity contribution in [2.45, 2.75) is 63.3 Å². The number of hydrogen-bond acceptors (Lipinski definition) is 5. The summed E-state index contributed by atoms with van der Waals surface area (Å²) in [6.45, 7) is 0. The van der Waals surface area contributed by atoms with Gasteiger partial charge in [0.25, 0.3) is 0 Å². The van der Waals surface area contributed by atoms with E-state index in [2.05, 4.69) is 0 Å². The summed E-state index contributed by atoms with van der Waals surface area (Å²) < 4.78 is 6.06. The molecule has 0 bridgehead atoms. The van der Waals surface area contributed by atoms with Gasteiger partial charge in [0.05, 0.1) is 23.9 Å². The first kappa shape index (κ1) is 20.2. The zero-order valence-corrected chi connectivity index (χ0v) is 16.6. The average molecular weight is 397 g/mol.